The van der Waals surface area contributed by atoms with Gasteiger partial charge >= 0.3 is 0 Å². The summed E-state index contributed by atoms with van der Waals surface area (Å²) < 4.78 is 0. The molecule has 2 fully saturated rings. The van der Waals surface area contributed by atoms with Crippen LogP contribution >= 0.6 is 0 Å². The molecule has 1 aromatic rings. The molecule has 22 heavy (non-hydrogen) atoms. The number of nitrogens with zero attached hydrogens (tertiary/aromatic N) is 1. The monoisotopic (exact) mass is 299 g/mol. The molecule has 2 aliphatic heterocycles. The summed E-state index contributed by atoms with van der Waals surface area (Å²) in [5, 5.41) is 0. The highest BCUT2D eigenvalue weighted by atomic mass is 16.1. The highest BCUT2D eigenvalue weighted by Gasteiger charge is 2.38. The summed E-state index contributed by atoms with van der Waals surface area (Å²) in [6.07, 6.45) is 5.96. The molecule has 2 atom stereocenters. The third-order valence-electron chi connectivity index (χ3n) is 5.75. The summed E-state index contributed by atoms with van der Waals surface area (Å²) in [5.74, 6) is 0.595. The predicted octanol–water partition coefficient (Wildman–Crippen LogP) is 4.43. The van der Waals surface area contributed by atoms with Crippen molar-refractivity contribution >= 4 is 5.78 Å². The minimum Gasteiger partial charge on any atom is -0.300 e. The summed E-state index contributed by atoms with van der Waals surface area (Å²) in [4.78, 5) is 15.4. The van der Waals surface area contributed by atoms with Gasteiger partial charge in [0.05, 0.1) is 0 Å². The third-order valence-corrected chi connectivity index (χ3v) is 5.75. The number of hydrogen-bond acceptors (Lipinski definition) is 2. The molecule has 0 radical (unpaired) electrons. The summed E-state index contributed by atoms with van der Waals surface area (Å²) in [6, 6.07) is 9.57. The molecule has 2 unspecified atom stereocenters. The van der Waals surface area contributed by atoms with Gasteiger partial charge in [0.15, 0.2) is 5.78 Å². The second-order valence-corrected chi connectivity index (χ2v) is 8.26. The fraction of sp³-hybridized carbons (Fsp3) is 0.650. The summed E-state index contributed by atoms with van der Waals surface area (Å²) in [7, 11) is 2.24. The van der Waals surface area contributed by atoms with Gasteiger partial charge < -0.3 is 4.90 Å². The van der Waals surface area contributed by atoms with Gasteiger partial charge in [-0.1, -0.05) is 51.5 Å². The highest BCUT2D eigenvalue weighted by molar-refractivity contribution is 5.98. The summed E-state index contributed by atoms with van der Waals surface area (Å²) >= 11 is 0. The van der Waals surface area contributed by atoms with Gasteiger partial charge in [-0.05, 0) is 43.7 Å². The average Bonchev–Trinajstić information content (AvgIpc) is 2.45. The van der Waals surface area contributed by atoms with E-state index in [4.69, 9.17) is 0 Å². The van der Waals surface area contributed by atoms with E-state index in [-0.39, 0.29) is 11.3 Å². The van der Waals surface area contributed by atoms with E-state index in [9.17, 15) is 4.79 Å². The molecular weight excluding hydrogens is 270 g/mol. The first kappa shape index (κ1) is 15.7. The van der Waals surface area contributed by atoms with Crippen molar-refractivity contribution in [3.8, 4) is 0 Å². The Morgan fingerprint density at radius 1 is 1.05 bits per heavy atom. The molecule has 2 saturated heterocycles. The van der Waals surface area contributed by atoms with Crippen molar-refractivity contribution in [1.82, 2.24) is 4.90 Å². The van der Waals surface area contributed by atoms with Gasteiger partial charge in [0.1, 0.15) is 0 Å². The first-order valence-electron chi connectivity index (χ1n) is 8.73. The van der Waals surface area contributed by atoms with Crippen LogP contribution in [0.4, 0.5) is 0 Å². The number of Topliss-reactive ketones (excluding diaryl/α,β-unsaturated/α-hetero) is 1. The van der Waals surface area contributed by atoms with Crippen LogP contribution in [0.1, 0.15) is 68.8 Å². The Morgan fingerprint density at radius 3 is 2.09 bits per heavy atom. The SMILES string of the molecule is CN1C2CCCC1CC(C(=O)c1ccc(C(C)(C)C)cc1)C2. The number of fused-ring (bicyclic) bond motifs is 2. The topological polar surface area (TPSA) is 20.3 Å². The zero-order valence-electron chi connectivity index (χ0n) is 14.4. The maximum absolute atomic E-state index is 12.9. The highest BCUT2D eigenvalue weighted by Crippen LogP contribution is 2.37. The second-order valence-electron chi connectivity index (χ2n) is 8.26. The molecule has 0 spiro atoms. The Morgan fingerprint density at radius 2 is 1.59 bits per heavy atom. The molecule has 2 nitrogen and oxygen atoms in total. The standard InChI is InChI=1S/C20H29NO/c1-20(2,3)16-10-8-14(9-11-16)19(22)15-12-17-6-5-7-18(13-15)21(17)4/h8-11,15,17-18H,5-7,12-13H2,1-4H3. The lowest BCUT2D eigenvalue weighted by atomic mass is 9.76. The molecule has 2 heteroatoms. The zero-order valence-corrected chi connectivity index (χ0v) is 14.4. The normalized spacial score (nSPS) is 29.4. The van der Waals surface area contributed by atoms with E-state index in [1.165, 1.54) is 24.8 Å². The van der Waals surface area contributed by atoms with E-state index < -0.39 is 0 Å². The number of benzene rings is 1. The summed E-state index contributed by atoms with van der Waals surface area (Å²) in [5.41, 5.74) is 2.34. The Hall–Kier alpha value is -1.15. The molecular formula is C20H29NO. The van der Waals surface area contributed by atoms with Crippen molar-refractivity contribution in [2.75, 3.05) is 7.05 Å². The van der Waals surface area contributed by atoms with Gasteiger partial charge in [0.2, 0.25) is 0 Å². The molecule has 1 aromatic carbocycles. The smallest absolute Gasteiger partial charge is 0.166 e. The van der Waals surface area contributed by atoms with E-state index in [0.717, 1.165) is 18.4 Å². The van der Waals surface area contributed by atoms with E-state index in [2.05, 4.69) is 44.9 Å². The number of ketones is 1. The quantitative estimate of drug-likeness (QED) is 0.753. The lowest BCUT2D eigenvalue weighted by Crippen LogP contribution is -2.51. The second kappa shape index (κ2) is 5.81. The van der Waals surface area contributed by atoms with Crippen LogP contribution in [-0.4, -0.2) is 29.8 Å². The Kier molecular flexibility index (Phi) is 4.15. The summed E-state index contributed by atoms with van der Waals surface area (Å²) in [6.45, 7) is 6.63. The van der Waals surface area contributed by atoms with Crippen molar-refractivity contribution in [3.63, 3.8) is 0 Å². The van der Waals surface area contributed by atoms with Crippen LogP contribution < -0.4 is 0 Å². The molecule has 0 N–H and O–H groups in total. The maximum Gasteiger partial charge on any atom is 0.166 e. The molecule has 0 amide bonds. The van der Waals surface area contributed by atoms with Crippen LogP contribution in [0.2, 0.25) is 0 Å². The van der Waals surface area contributed by atoms with Gasteiger partial charge in [-0.15, -0.1) is 0 Å². The number of hydrogen-bond donors (Lipinski definition) is 0. The number of carbonyl (C=O) groups excluding carboxylic acids is 1. The number of piperidine rings is 2. The first-order valence-corrected chi connectivity index (χ1v) is 8.73. The van der Waals surface area contributed by atoms with Crippen LogP contribution in [0.15, 0.2) is 24.3 Å². The largest absolute Gasteiger partial charge is 0.300 e. The van der Waals surface area contributed by atoms with E-state index >= 15 is 0 Å². The minimum atomic E-state index is 0.145. The minimum absolute atomic E-state index is 0.145. The van der Waals surface area contributed by atoms with Crippen LogP contribution in [0.5, 0.6) is 0 Å². The average molecular weight is 299 g/mol. The fourth-order valence-corrected chi connectivity index (χ4v) is 4.20. The van der Waals surface area contributed by atoms with Crippen molar-refractivity contribution in [3.05, 3.63) is 35.4 Å². The number of rotatable bonds is 2. The predicted molar refractivity (Wildman–Crippen MR) is 91.4 cm³/mol. The van der Waals surface area contributed by atoms with Crippen molar-refractivity contribution < 1.29 is 4.79 Å². The van der Waals surface area contributed by atoms with Gasteiger partial charge in [-0.3, -0.25) is 4.79 Å². The molecule has 3 rings (SSSR count). The van der Waals surface area contributed by atoms with Crippen LogP contribution in [0.3, 0.4) is 0 Å². The molecule has 2 aliphatic rings. The van der Waals surface area contributed by atoms with Crippen molar-refractivity contribution in [2.24, 2.45) is 5.92 Å². The molecule has 0 saturated carbocycles. The van der Waals surface area contributed by atoms with Crippen LogP contribution in [-0.2, 0) is 5.41 Å². The lowest BCUT2D eigenvalue weighted by Gasteiger charge is -2.46. The molecule has 2 bridgehead atoms. The molecule has 0 aromatic heterocycles. The zero-order chi connectivity index (χ0) is 15.9. The lowest BCUT2D eigenvalue weighted by molar-refractivity contribution is 0.0338. The molecule has 2 heterocycles. The Balaban J connectivity index is 1.74. The van der Waals surface area contributed by atoms with Crippen LogP contribution in [0, 0.1) is 5.92 Å². The van der Waals surface area contributed by atoms with Gasteiger partial charge in [-0.2, -0.15) is 0 Å². The van der Waals surface area contributed by atoms with Gasteiger partial charge in [0.25, 0.3) is 0 Å². The Bertz CT molecular complexity index is 526. The van der Waals surface area contributed by atoms with Crippen molar-refractivity contribution in [2.45, 2.75) is 70.4 Å². The third kappa shape index (κ3) is 2.99. The van der Waals surface area contributed by atoms with Gasteiger partial charge in [0, 0.05) is 23.6 Å². The Labute approximate surface area is 134 Å². The molecule has 120 valence electrons. The van der Waals surface area contributed by atoms with E-state index in [0.29, 0.717) is 17.9 Å². The molecule has 0 aliphatic carbocycles. The van der Waals surface area contributed by atoms with Gasteiger partial charge in [-0.25, -0.2) is 0 Å². The van der Waals surface area contributed by atoms with E-state index in [1.54, 1.807) is 0 Å². The maximum atomic E-state index is 12.9. The van der Waals surface area contributed by atoms with E-state index in [1.807, 2.05) is 12.1 Å². The van der Waals surface area contributed by atoms with Crippen molar-refractivity contribution in [1.29, 1.82) is 0 Å². The fourth-order valence-electron chi connectivity index (χ4n) is 4.20. The first-order chi connectivity index (χ1) is 10.4. The number of carbonyl (C=O) groups is 1. The van der Waals surface area contributed by atoms with Crippen LogP contribution in [0.25, 0.3) is 0 Å².